The summed E-state index contributed by atoms with van der Waals surface area (Å²) in [4.78, 5) is 0.172. The van der Waals surface area contributed by atoms with Crippen LogP contribution in [0.15, 0.2) is 45.8 Å². The number of benzene rings is 2. The Bertz CT molecular complexity index is 772. The first-order chi connectivity index (χ1) is 9.83. The molecule has 2 aromatic carbocycles. The molecule has 0 spiro atoms. The summed E-state index contributed by atoms with van der Waals surface area (Å²) in [5.74, 6) is 0. The van der Waals surface area contributed by atoms with Crippen LogP contribution in [0.25, 0.3) is 0 Å². The average molecular weight is 370 g/mol. The largest absolute Gasteiger partial charge is 0.392 e. The fraction of sp³-hybridized carbons (Fsp3) is 0.200. The predicted molar refractivity (Wildman–Crippen MR) is 86.8 cm³/mol. The zero-order valence-electron chi connectivity index (χ0n) is 11.7. The number of aliphatic hydroxyl groups is 1. The Morgan fingerprint density at radius 2 is 1.76 bits per heavy atom. The van der Waals surface area contributed by atoms with Crippen molar-refractivity contribution >= 4 is 31.6 Å². The predicted octanol–water partition coefficient (Wildman–Crippen LogP) is 3.36. The average Bonchev–Trinajstić information content (AvgIpc) is 2.43. The van der Waals surface area contributed by atoms with Gasteiger partial charge in [0.15, 0.2) is 0 Å². The lowest BCUT2D eigenvalue weighted by Gasteiger charge is -2.12. The van der Waals surface area contributed by atoms with Gasteiger partial charge in [-0.25, -0.2) is 8.42 Å². The van der Waals surface area contributed by atoms with Crippen LogP contribution in [0.2, 0.25) is 0 Å². The molecule has 0 amide bonds. The molecule has 0 saturated heterocycles. The van der Waals surface area contributed by atoms with Crippen molar-refractivity contribution in [2.75, 3.05) is 4.72 Å². The number of anilines is 1. The lowest BCUT2D eigenvalue weighted by atomic mass is 10.2. The molecular weight excluding hydrogens is 354 g/mol. The van der Waals surface area contributed by atoms with E-state index in [2.05, 4.69) is 20.7 Å². The van der Waals surface area contributed by atoms with Gasteiger partial charge in [-0.1, -0.05) is 34.1 Å². The van der Waals surface area contributed by atoms with E-state index in [1.165, 1.54) is 6.07 Å². The van der Waals surface area contributed by atoms with Crippen molar-refractivity contribution in [3.63, 3.8) is 0 Å². The molecule has 0 aliphatic rings. The monoisotopic (exact) mass is 369 g/mol. The molecule has 0 aliphatic carbocycles. The zero-order valence-corrected chi connectivity index (χ0v) is 14.1. The van der Waals surface area contributed by atoms with Gasteiger partial charge in [-0.2, -0.15) is 0 Å². The van der Waals surface area contributed by atoms with Gasteiger partial charge in [-0.15, -0.1) is 0 Å². The molecule has 2 N–H and O–H groups in total. The molecule has 21 heavy (non-hydrogen) atoms. The normalized spacial score (nSPS) is 11.4. The third kappa shape index (κ3) is 3.64. The third-order valence-electron chi connectivity index (χ3n) is 3.15. The number of hydrogen-bond donors (Lipinski definition) is 2. The highest BCUT2D eigenvalue weighted by atomic mass is 79.9. The van der Waals surface area contributed by atoms with Crippen molar-refractivity contribution in [1.82, 2.24) is 0 Å². The van der Waals surface area contributed by atoms with E-state index in [1.54, 1.807) is 31.2 Å². The van der Waals surface area contributed by atoms with Crippen LogP contribution in [0.4, 0.5) is 5.69 Å². The summed E-state index contributed by atoms with van der Waals surface area (Å²) in [6, 6.07) is 10.1. The van der Waals surface area contributed by atoms with E-state index in [0.29, 0.717) is 16.8 Å². The van der Waals surface area contributed by atoms with Gasteiger partial charge >= 0.3 is 0 Å². The third-order valence-corrected chi connectivity index (χ3v) is 5.53. The smallest absolute Gasteiger partial charge is 0.262 e. The molecule has 0 aliphatic heterocycles. The maximum atomic E-state index is 12.5. The standard InChI is InChI=1S/C15H16BrNO3S/c1-10-4-6-13(8-14(10)16)17-21(19,20)15-7-12(9-18)5-3-11(15)2/h3-8,17-18H,9H2,1-2H3. The SMILES string of the molecule is Cc1ccc(NS(=O)(=O)c2cc(CO)ccc2C)cc1Br. The number of aryl methyl sites for hydroxylation is 2. The molecule has 0 bridgehead atoms. The second-order valence-electron chi connectivity index (χ2n) is 4.83. The first kappa shape index (κ1) is 16.0. The van der Waals surface area contributed by atoms with Gasteiger partial charge in [0.2, 0.25) is 0 Å². The Morgan fingerprint density at radius 3 is 2.38 bits per heavy atom. The van der Waals surface area contributed by atoms with E-state index in [1.807, 2.05) is 13.0 Å². The van der Waals surface area contributed by atoms with E-state index >= 15 is 0 Å². The minimum absolute atomic E-state index is 0.172. The van der Waals surface area contributed by atoms with Crippen LogP contribution >= 0.6 is 15.9 Å². The van der Waals surface area contributed by atoms with E-state index < -0.39 is 10.0 Å². The van der Waals surface area contributed by atoms with Gasteiger partial charge in [0, 0.05) is 10.2 Å². The number of nitrogens with one attached hydrogen (secondary N) is 1. The van der Waals surface area contributed by atoms with Crippen molar-refractivity contribution < 1.29 is 13.5 Å². The lowest BCUT2D eigenvalue weighted by molar-refractivity contribution is 0.281. The lowest BCUT2D eigenvalue weighted by Crippen LogP contribution is -2.14. The summed E-state index contributed by atoms with van der Waals surface area (Å²) in [5.41, 5.74) is 2.70. The number of halogens is 1. The summed E-state index contributed by atoms with van der Waals surface area (Å²) in [5, 5.41) is 9.15. The molecule has 0 fully saturated rings. The topological polar surface area (TPSA) is 66.4 Å². The summed E-state index contributed by atoms with van der Waals surface area (Å²) in [6.07, 6.45) is 0. The molecule has 6 heteroatoms. The molecular formula is C15H16BrNO3S. The maximum absolute atomic E-state index is 12.5. The molecule has 2 aromatic rings. The molecule has 2 rings (SSSR count). The van der Waals surface area contributed by atoms with E-state index in [9.17, 15) is 8.42 Å². The summed E-state index contributed by atoms with van der Waals surface area (Å²) in [7, 11) is -3.69. The van der Waals surface area contributed by atoms with E-state index in [-0.39, 0.29) is 11.5 Å². The highest BCUT2D eigenvalue weighted by molar-refractivity contribution is 9.10. The van der Waals surface area contributed by atoms with Crippen LogP contribution in [0.1, 0.15) is 16.7 Å². The Labute approximate surface area is 133 Å². The van der Waals surface area contributed by atoms with Crippen LogP contribution in [-0.4, -0.2) is 13.5 Å². The molecule has 0 atom stereocenters. The van der Waals surface area contributed by atoms with Gasteiger partial charge < -0.3 is 5.11 Å². The van der Waals surface area contributed by atoms with E-state index in [0.717, 1.165) is 10.0 Å². The summed E-state index contributed by atoms with van der Waals surface area (Å²) in [6.45, 7) is 3.46. The van der Waals surface area contributed by atoms with Gasteiger partial charge in [0.1, 0.15) is 0 Å². The Hall–Kier alpha value is -1.37. The molecule has 0 aromatic heterocycles. The Kier molecular flexibility index (Phi) is 4.70. The van der Waals surface area contributed by atoms with Crippen molar-refractivity contribution in [2.45, 2.75) is 25.3 Å². The van der Waals surface area contributed by atoms with Crippen molar-refractivity contribution in [3.8, 4) is 0 Å². The van der Waals surface area contributed by atoms with Gasteiger partial charge in [-0.05, 0) is 48.7 Å². The number of sulfonamides is 1. The highest BCUT2D eigenvalue weighted by Gasteiger charge is 2.17. The summed E-state index contributed by atoms with van der Waals surface area (Å²) < 4.78 is 28.3. The Balaban J connectivity index is 2.40. The van der Waals surface area contributed by atoms with Gasteiger partial charge in [-0.3, -0.25) is 4.72 Å². The number of rotatable bonds is 4. The van der Waals surface area contributed by atoms with Crippen LogP contribution in [0.3, 0.4) is 0 Å². The fourth-order valence-electron chi connectivity index (χ4n) is 1.90. The van der Waals surface area contributed by atoms with Crippen LogP contribution in [0.5, 0.6) is 0 Å². The second-order valence-corrected chi connectivity index (χ2v) is 7.33. The van der Waals surface area contributed by atoms with E-state index in [4.69, 9.17) is 5.11 Å². The number of aliphatic hydroxyl groups excluding tert-OH is 1. The van der Waals surface area contributed by atoms with Crippen molar-refractivity contribution in [3.05, 3.63) is 57.6 Å². The van der Waals surface area contributed by atoms with Gasteiger partial charge in [0.25, 0.3) is 10.0 Å². The molecule has 0 unspecified atom stereocenters. The molecule has 0 heterocycles. The second kappa shape index (κ2) is 6.17. The first-order valence-electron chi connectivity index (χ1n) is 6.33. The minimum atomic E-state index is -3.69. The number of hydrogen-bond acceptors (Lipinski definition) is 3. The zero-order chi connectivity index (χ0) is 15.6. The molecule has 4 nitrogen and oxygen atoms in total. The quantitative estimate of drug-likeness (QED) is 0.867. The minimum Gasteiger partial charge on any atom is -0.392 e. The van der Waals surface area contributed by atoms with Crippen LogP contribution in [-0.2, 0) is 16.6 Å². The molecule has 0 radical (unpaired) electrons. The fourth-order valence-corrected chi connectivity index (χ4v) is 3.62. The molecule has 0 saturated carbocycles. The Morgan fingerprint density at radius 1 is 1.10 bits per heavy atom. The van der Waals surface area contributed by atoms with Crippen LogP contribution < -0.4 is 4.72 Å². The van der Waals surface area contributed by atoms with Crippen molar-refractivity contribution in [1.29, 1.82) is 0 Å². The molecule has 112 valence electrons. The van der Waals surface area contributed by atoms with Crippen molar-refractivity contribution in [2.24, 2.45) is 0 Å². The van der Waals surface area contributed by atoms with Crippen LogP contribution in [0, 0.1) is 13.8 Å². The summed E-state index contributed by atoms with van der Waals surface area (Å²) >= 11 is 3.38. The maximum Gasteiger partial charge on any atom is 0.262 e. The highest BCUT2D eigenvalue weighted by Crippen LogP contribution is 2.24. The van der Waals surface area contributed by atoms with Gasteiger partial charge in [0.05, 0.1) is 11.5 Å². The first-order valence-corrected chi connectivity index (χ1v) is 8.60.